The Balaban J connectivity index is 2.27. The van der Waals surface area contributed by atoms with Crippen LogP contribution in [0.2, 0.25) is 0 Å². The summed E-state index contributed by atoms with van der Waals surface area (Å²) in [5.41, 5.74) is 6.87. The maximum Gasteiger partial charge on any atom is 0.0629 e. The zero-order valence-corrected chi connectivity index (χ0v) is 11.3. The first-order valence-corrected chi connectivity index (χ1v) is 6.45. The van der Waals surface area contributed by atoms with Crippen LogP contribution in [0.3, 0.4) is 0 Å². The molecule has 0 unspecified atom stereocenters. The molecule has 84 valence electrons. The summed E-state index contributed by atoms with van der Waals surface area (Å²) < 4.78 is 2.85. The Labute approximate surface area is 107 Å². The summed E-state index contributed by atoms with van der Waals surface area (Å²) in [4.78, 5) is 2.30. The molecule has 0 spiro atoms. The number of hydrogen-bond donors (Lipinski definition) is 1. The Hall–Kier alpha value is -0.780. The Kier molecular flexibility index (Phi) is 3.68. The molecule has 0 bridgehead atoms. The highest BCUT2D eigenvalue weighted by atomic mass is 79.9. The van der Waals surface area contributed by atoms with Gasteiger partial charge >= 0.3 is 0 Å². The quantitative estimate of drug-likeness (QED) is 0.947. The van der Waals surface area contributed by atoms with Gasteiger partial charge in [0.25, 0.3) is 0 Å². The number of nitrogens with zero attached hydrogens (tertiary/aromatic N) is 2. The zero-order chi connectivity index (χ0) is 11.5. The van der Waals surface area contributed by atoms with Crippen molar-refractivity contribution in [1.29, 1.82) is 0 Å². The monoisotopic (exact) mass is 297 g/mol. The number of halogens is 1. The van der Waals surface area contributed by atoms with Gasteiger partial charge in [-0.05, 0) is 23.8 Å². The van der Waals surface area contributed by atoms with Gasteiger partial charge in [0.1, 0.15) is 0 Å². The number of nitrogens with two attached hydrogens (primary N) is 1. The molecular formula is C11H12BrN3S. The number of benzene rings is 1. The van der Waals surface area contributed by atoms with E-state index >= 15 is 0 Å². The second-order valence-electron chi connectivity index (χ2n) is 3.41. The molecular weight excluding hydrogens is 286 g/mol. The van der Waals surface area contributed by atoms with Crippen molar-refractivity contribution in [3.05, 3.63) is 40.6 Å². The molecule has 0 aliphatic carbocycles. The van der Waals surface area contributed by atoms with Crippen molar-refractivity contribution in [2.75, 3.05) is 0 Å². The van der Waals surface area contributed by atoms with E-state index in [9.17, 15) is 0 Å². The maximum absolute atomic E-state index is 5.72. The fourth-order valence-corrected chi connectivity index (χ4v) is 2.76. The Bertz CT molecular complexity index is 496. The molecule has 0 radical (unpaired) electrons. The van der Waals surface area contributed by atoms with Crippen molar-refractivity contribution in [2.24, 2.45) is 12.8 Å². The summed E-state index contributed by atoms with van der Waals surface area (Å²) in [6.45, 7) is 0.544. The normalized spacial score (nSPS) is 10.7. The molecule has 0 aliphatic heterocycles. The largest absolute Gasteiger partial charge is 0.326 e. The highest BCUT2D eigenvalue weighted by Crippen LogP contribution is 2.31. The molecule has 16 heavy (non-hydrogen) atoms. The van der Waals surface area contributed by atoms with Gasteiger partial charge in [0, 0.05) is 29.2 Å². The molecule has 5 heteroatoms. The van der Waals surface area contributed by atoms with Crippen LogP contribution in [0.1, 0.15) is 5.56 Å². The first kappa shape index (κ1) is 11.7. The maximum atomic E-state index is 5.72. The molecule has 0 saturated heterocycles. The van der Waals surface area contributed by atoms with Crippen LogP contribution >= 0.6 is 27.7 Å². The van der Waals surface area contributed by atoms with E-state index in [1.54, 1.807) is 16.4 Å². The van der Waals surface area contributed by atoms with Crippen LogP contribution in [0.25, 0.3) is 0 Å². The number of aromatic nitrogens is 2. The fraction of sp³-hybridized carbons (Fsp3) is 0.182. The lowest BCUT2D eigenvalue weighted by molar-refractivity contribution is 0.766. The molecule has 2 rings (SSSR count). The van der Waals surface area contributed by atoms with E-state index in [0.717, 1.165) is 14.9 Å². The predicted molar refractivity (Wildman–Crippen MR) is 69.4 cm³/mol. The van der Waals surface area contributed by atoms with Gasteiger partial charge in [-0.15, -0.1) is 0 Å². The summed E-state index contributed by atoms with van der Waals surface area (Å²) >= 11 is 5.13. The van der Waals surface area contributed by atoms with E-state index in [4.69, 9.17) is 5.73 Å². The molecule has 1 aromatic heterocycles. The third-order valence-electron chi connectivity index (χ3n) is 2.15. The van der Waals surface area contributed by atoms with Crippen molar-refractivity contribution in [1.82, 2.24) is 9.78 Å². The average molecular weight is 298 g/mol. The van der Waals surface area contributed by atoms with E-state index < -0.39 is 0 Å². The summed E-state index contributed by atoms with van der Waals surface area (Å²) in [6, 6.07) is 6.15. The second-order valence-corrected chi connectivity index (χ2v) is 5.44. The molecule has 3 nitrogen and oxygen atoms in total. The van der Waals surface area contributed by atoms with Crippen molar-refractivity contribution >= 4 is 27.7 Å². The molecule has 0 saturated carbocycles. The van der Waals surface area contributed by atoms with Crippen LogP contribution in [0.15, 0.2) is 44.9 Å². The number of rotatable bonds is 3. The third kappa shape index (κ3) is 2.66. The standard InChI is InChI=1S/C11H12BrN3S/c1-15-7-10(6-14-15)16-11-3-2-9(12)4-8(11)5-13/h2-4,6-7H,5,13H2,1H3. The molecule has 1 heterocycles. The number of hydrogen-bond acceptors (Lipinski definition) is 3. The van der Waals surface area contributed by atoms with Crippen LogP contribution in [0.5, 0.6) is 0 Å². The SMILES string of the molecule is Cn1cc(Sc2ccc(Br)cc2CN)cn1. The van der Waals surface area contributed by atoms with E-state index in [-0.39, 0.29) is 0 Å². The van der Waals surface area contributed by atoms with Gasteiger partial charge in [-0.3, -0.25) is 4.68 Å². The number of aryl methyl sites for hydroxylation is 1. The van der Waals surface area contributed by atoms with Crippen LogP contribution < -0.4 is 5.73 Å². The van der Waals surface area contributed by atoms with Gasteiger partial charge in [0.05, 0.1) is 11.1 Å². The lowest BCUT2D eigenvalue weighted by Crippen LogP contribution is -1.98. The first-order chi connectivity index (χ1) is 7.69. The van der Waals surface area contributed by atoms with E-state index in [1.165, 1.54) is 4.90 Å². The summed E-state index contributed by atoms with van der Waals surface area (Å²) in [7, 11) is 1.91. The summed E-state index contributed by atoms with van der Waals surface area (Å²) in [5.74, 6) is 0. The molecule has 0 amide bonds. The van der Waals surface area contributed by atoms with Gasteiger partial charge in [0.15, 0.2) is 0 Å². The van der Waals surface area contributed by atoms with Gasteiger partial charge in [-0.25, -0.2) is 0 Å². The minimum absolute atomic E-state index is 0.544. The zero-order valence-electron chi connectivity index (χ0n) is 8.85. The van der Waals surface area contributed by atoms with Crippen molar-refractivity contribution in [3.63, 3.8) is 0 Å². The van der Waals surface area contributed by atoms with E-state index in [1.807, 2.05) is 25.5 Å². The fourth-order valence-electron chi connectivity index (χ4n) is 1.39. The minimum atomic E-state index is 0.544. The summed E-state index contributed by atoms with van der Waals surface area (Å²) in [5, 5.41) is 4.14. The van der Waals surface area contributed by atoms with Gasteiger partial charge in [0.2, 0.25) is 0 Å². The lowest BCUT2D eigenvalue weighted by Gasteiger charge is -2.06. The van der Waals surface area contributed by atoms with Gasteiger partial charge in [-0.2, -0.15) is 5.10 Å². The van der Waals surface area contributed by atoms with Crippen LogP contribution in [0.4, 0.5) is 0 Å². The van der Waals surface area contributed by atoms with Crippen molar-refractivity contribution in [3.8, 4) is 0 Å². The Morgan fingerprint density at radius 3 is 2.94 bits per heavy atom. The molecule has 0 aliphatic rings. The highest BCUT2D eigenvalue weighted by Gasteiger charge is 2.05. The van der Waals surface area contributed by atoms with Crippen LogP contribution in [-0.4, -0.2) is 9.78 Å². The second kappa shape index (κ2) is 5.03. The van der Waals surface area contributed by atoms with E-state index in [0.29, 0.717) is 6.54 Å². The van der Waals surface area contributed by atoms with Crippen LogP contribution in [-0.2, 0) is 13.6 Å². The van der Waals surface area contributed by atoms with E-state index in [2.05, 4.69) is 33.2 Å². The van der Waals surface area contributed by atoms with Crippen LogP contribution in [0, 0.1) is 0 Å². The summed E-state index contributed by atoms with van der Waals surface area (Å²) in [6.07, 6.45) is 3.85. The predicted octanol–water partition coefficient (Wildman–Crippen LogP) is 2.79. The smallest absolute Gasteiger partial charge is 0.0629 e. The molecule has 0 atom stereocenters. The third-order valence-corrected chi connectivity index (χ3v) is 3.71. The molecule has 2 aromatic rings. The van der Waals surface area contributed by atoms with Gasteiger partial charge in [-0.1, -0.05) is 27.7 Å². The Morgan fingerprint density at radius 2 is 2.31 bits per heavy atom. The molecule has 0 fully saturated rings. The Morgan fingerprint density at radius 1 is 1.50 bits per heavy atom. The minimum Gasteiger partial charge on any atom is -0.326 e. The highest BCUT2D eigenvalue weighted by molar-refractivity contribution is 9.10. The topological polar surface area (TPSA) is 43.8 Å². The van der Waals surface area contributed by atoms with Crippen molar-refractivity contribution in [2.45, 2.75) is 16.3 Å². The first-order valence-electron chi connectivity index (χ1n) is 4.84. The molecule has 1 aromatic carbocycles. The molecule has 2 N–H and O–H groups in total. The lowest BCUT2D eigenvalue weighted by atomic mass is 10.2. The van der Waals surface area contributed by atoms with Gasteiger partial charge < -0.3 is 5.73 Å². The van der Waals surface area contributed by atoms with Crippen molar-refractivity contribution < 1.29 is 0 Å². The average Bonchev–Trinajstić information content (AvgIpc) is 2.67.